The van der Waals surface area contributed by atoms with Gasteiger partial charge in [0.15, 0.2) is 5.82 Å². The number of aliphatic carboxylic acids is 1. The second-order valence-electron chi connectivity index (χ2n) is 19.7. The molecule has 12 atom stereocenters. The molecule has 288 valence electrons. The first-order chi connectivity index (χ1) is 24.4. The Balaban J connectivity index is 1.40. The zero-order valence-electron chi connectivity index (χ0n) is 33.8. The van der Waals surface area contributed by atoms with Crippen molar-refractivity contribution in [2.24, 2.45) is 62.6 Å². The van der Waals surface area contributed by atoms with Gasteiger partial charge in [-0.25, -0.2) is 9.67 Å². The second kappa shape index (κ2) is 13.0. The highest BCUT2D eigenvalue weighted by molar-refractivity contribution is 7.13. The molecule has 1 saturated heterocycles. The molecule has 4 aliphatic carbocycles. The summed E-state index contributed by atoms with van der Waals surface area (Å²) in [6.07, 6.45) is 9.89. The van der Waals surface area contributed by atoms with Crippen molar-refractivity contribution in [3.8, 4) is 10.7 Å². The van der Waals surface area contributed by atoms with E-state index in [9.17, 15) is 9.90 Å². The van der Waals surface area contributed by atoms with Gasteiger partial charge in [0.25, 0.3) is 0 Å². The molecular formula is C43H66N4O4S. The van der Waals surface area contributed by atoms with Crippen LogP contribution in [0.1, 0.15) is 114 Å². The first-order valence-electron chi connectivity index (χ1n) is 20.2. The monoisotopic (exact) mass is 734 g/mol. The molecule has 3 saturated carbocycles. The third kappa shape index (κ3) is 5.24. The normalized spacial score (nSPS) is 41.8. The molecule has 4 fully saturated rings. The molecule has 2 bridgehead atoms. The second-order valence-corrected chi connectivity index (χ2v) is 20.7. The maximum atomic E-state index is 13.6. The first-order valence-corrected chi connectivity index (χ1v) is 21.1. The van der Waals surface area contributed by atoms with Gasteiger partial charge in [0.2, 0.25) is 0 Å². The van der Waals surface area contributed by atoms with Crippen LogP contribution in [0, 0.1) is 62.6 Å². The van der Waals surface area contributed by atoms with Gasteiger partial charge in [-0.2, -0.15) is 5.10 Å². The lowest BCUT2D eigenvalue weighted by molar-refractivity contribution is -0.254. The number of carbonyl (C=O) groups is 1. The predicted octanol–water partition coefficient (Wildman–Crippen LogP) is 9.16. The summed E-state index contributed by atoms with van der Waals surface area (Å²) in [5.41, 5.74) is 0.00986. The van der Waals surface area contributed by atoms with Gasteiger partial charge in [0, 0.05) is 11.0 Å². The molecule has 0 amide bonds. The molecule has 52 heavy (non-hydrogen) atoms. The molecule has 0 radical (unpaired) electrons. The van der Waals surface area contributed by atoms with E-state index in [-0.39, 0.29) is 50.7 Å². The number of likely N-dealkylation sites (N-methyl/N-ethyl adjacent to an activating group) is 1. The van der Waals surface area contributed by atoms with Gasteiger partial charge in [-0.3, -0.25) is 4.79 Å². The van der Waals surface area contributed by atoms with Crippen molar-refractivity contribution in [2.75, 3.05) is 26.9 Å². The molecule has 0 spiro atoms. The Morgan fingerprint density at radius 2 is 1.88 bits per heavy atom. The Labute approximate surface area is 316 Å². The molecule has 2 aromatic heterocycles. The summed E-state index contributed by atoms with van der Waals surface area (Å²) in [6.45, 7) is 25.1. The number of hydrogen-bond acceptors (Lipinski definition) is 7. The number of ether oxygens (including phenoxy) is 2. The van der Waals surface area contributed by atoms with Crippen LogP contribution in [0.15, 0.2) is 35.5 Å². The van der Waals surface area contributed by atoms with Crippen molar-refractivity contribution in [1.82, 2.24) is 20.1 Å². The lowest BCUT2D eigenvalue weighted by atomic mass is 9.34. The molecule has 0 unspecified atom stereocenters. The van der Waals surface area contributed by atoms with E-state index in [1.165, 1.54) is 5.57 Å². The number of fused-ring (bicyclic) bond motifs is 3. The van der Waals surface area contributed by atoms with E-state index in [0.717, 1.165) is 55.8 Å². The molecule has 1 aliphatic heterocycles. The smallest absolute Gasteiger partial charge is 0.307 e. The van der Waals surface area contributed by atoms with Crippen LogP contribution >= 0.6 is 11.3 Å². The number of nitrogens with one attached hydrogen (secondary N) is 1. The van der Waals surface area contributed by atoms with Crippen molar-refractivity contribution in [1.29, 1.82) is 0 Å². The van der Waals surface area contributed by atoms with Gasteiger partial charge in [-0.05, 0) is 115 Å². The molecule has 0 aromatic carbocycles. The Hall–Kier alpha value is -2.07. The average Bonchev–Trinajstić information content (AvgIpc) is 3.80. The number of thiophene rings is 1. The average molecular weight is 735 g/mol. The quantitative estimate of drug-likeness (QED) is 0.235. The van der Waals surface area contributed by atoms with Crippen LogP contribution in [0.2, 0.25) is 0 Å². The van der Waals surface area contributed by atoms with Crippen molar-refractivity contribution < 1.29 is 19.4 Å². The first kappa shape index (κ1) is 38.2. The lowest BCUT2D eigenvalue weighted by Crippen LogP contribution is -2.70. The van der Waals surface area contributed by atoms with Gasteiger partial charge in [0.05, 0.1) is 42.8 Å². The topological polar surface area (TPSA) is 98.5 Å². The van der Waals surface area contributed by atoms with E-state index in [1.54, 1.807) is 17.7 Å². The summed E-state index contributed by atoms with van der Waals surface area (Å²) in [4.78, 5) is 19.6. The van der Waals surface area contributed by atoms with E-state index in [1.807, 2.05) is 7.05 Å². The van der Waals surface area contributed by atoms with E-state index >= 15 is 0 Å². The maximum absolute atomic E-state index is 13.6. The summed E-state index contributed by atoms with van der Waals surface area (Å²) in [5.74, 6) is 1.60. The van der Waals surface area contributed by atoms with Gasteiger partial charge in [-0.15, -0.1) is 11.3 Å². The fourth-order valence-electron chi connectivity index (χ4n) is 13.0. The van der Waals surface area contributed by atoms with Crippen molar-refractivity contribution in [3.63, 3.8) is 0 Å². The Kier molecular flexibility index (Phi) is 9.57. The van der Waals surface area contributed by atoms with E-state index < -0.39 is 11.9 Å². The molecule has 9 heteroatoms. The molecule has 2 N–H and O–H groups in total. The summed E-state index contributed by atoms with van der Waals surface area (Å²) < 4.78 is 16.6. The van der Waals surface area contributed by atoms with Crippen LogP contribution in [0.25, 0.3) is 10.7 Å². The van der Waals surface area contributed by atoms with Crippen LogP contribution in [0.5, 0.6) is 0 Å². The summed E-state index contributed by atoms with van der Waals surface area (Å²) in [5, 5.41) is 21.9. The summed E-state index contributed by atoms with van der Waals surface area (Å²) in [6, 6.07) is 4.20. The Bertz CT molecular complexity index is 1670. The lowest BCUT2D eigenvalue weighted by Gasteiger charge is -2.71. The van der Waals surface area contributed by atoms with Crippen LogP contribution in [0.3, 0.4) is 0 Å². The fourth-order valence-corrected chi connectivity index (χ4v) is 13.7. The maximum Gasteiger partial charge on any atom is 0.307 e. The third-order valence-corrected chi connectivity index (χ3v) is 17.9. The number of nitrogens with zero attached hydrogens (tertiary/aromatic N) is 3. The SMILES string of the molecule is CN[C@@](C)(CO[C@H]1[C@H](n2ncnc2-c2cccs2)C[C@]2(C)COC[C@@]13C1=CC[C@@]4(C)[C@H](C(=O)O)[C@@](C)([C@H](C)C(C)C)CC[C@]4(C)[C@H]1CC[C@H]23)C(C)C. The number of carboxylic acids is 1. The predicted molar refractivity (Wildman–Crippen MR) is 208 cm³/mol. The molecule has 7 rings (SSSR count). The van der Waals surface area contributed by atoms with Gasteiger partial charge in [-0.1, -0.05) is 80.0 Å². The standard InChI is InChI=1S/C43H66N4O4S/c1-26(2)28(5)39(7)18-19-40(8)29-14-15-33-38(6)21-31(47-36(45-25-46-47)32-13-12-20-52-32)35(51-23-42(10,44-11)27(3)4)43(33,24-50-22-38)30(29)16-17-41(40,9)34(39)37(48)49/h12-13,16,20,25-29,31,33-35,44H,14-15,17-19,21-24H2,1-11H3,(H,48,49)/t28-,29+,31-,33-,34-,35+,38-,39-,40-,41+,42+,43+/m1/s1. The minimum atomic E-state index is -0.619. The number of hydrogen-bond donors (Lipinski definition) is 2. The van der Waals surface area contributed by atoms with Crippen LogP contribution in [-0.2, 0) is 14.3 Å². The number of aromatic nitrogens is 3. The van der Waals surface area contributed by atoms with E-state index in [2.05, 4.69) is 103 Å². The highest BCUT2D eigenvalue weighted by Gasteiger charge is 2.72. The Morgan fingerprint density at radius 3 is 2.52 bits per heavy atom. The van der Waals surface area contributed by atoms with Crippen molar-refractivity contribution in [2.45, 2.75) is 125 Å². The minimum Gasteiger partial charge on any atom is -0.481 e. The fraction of sp³-hybridized carbons (Fsp3) is 0.791. The molecule has 2 aromatic rings. The summed E-state index contributed by atoms with van der Waals surface area (Å²) >= 11 is 1.70. The summed E-state index contributed by atoms with van der Waals surface area (Å²) in [7, 11) is 2.05. The van der Waals surface area contributed by atoms with Crippen molar-refractivity contribution in [3.05, 3.63) is 35.5 Å². The van der Waals surface area contributed by atoms with Gasteiger partial charge < -0.3 is 19.9 Å². The number of carboxylic acid groups (broad SMARTS) is 1. The van der Waals surface area contributed by atoms with Gasteiger partial charge >= 0.3 is 5.97 Å². The molecule has 3 heterocycles. The van der Waals surface area contributed by atoms with E-state index in [0.29, 0.717) is 36.9 Å². The Morgan fingerprint density at radius 1 is 1.13 bits per heavy atom. The zero-order chi connectivity index (χ0) is 37.6. The van der Waals surface area contributed by atoms with Crippen LogP contribution < -0.4 is 5.32 Å². The zero-order valence-corrected chi connectivity index (χ0v) is 34.6. The molecule has 5 aliphatic rings. The minimum absolute atomic E-state index is 0.0351. The van der Waals surface area contributed by atoms with Crippen LogP contribution in [0.4, 0.5) is 0 Å². The van der Waals surface area contributed by atoms with Crippen molar-refractivity contribution >= 4 is 17.3 Å². The number of rotatable bonds is 10. The molecule has 8 nitrogen and oxygen atoms in total. The largest absolute Gasteiger partial charge is 0.481 e. The highest BCUT2D eigenvalue weighted by atomic mass is 32.1. The number of allylic oxidation sites excluding steroid dienone is 1. The van der Waals surface area contributed by atoms with Gasteiger partial charge in [0.1, 0.15) is 6.33 Å². The highest BCUT2D eigenvalue weighted by Crippen LogP contribution is 2.75. The van der Waals surface area contributed by atoms with Crippen LogP contribution in [-0.4, -0.2) is 64.4 Å². The van der Waals surface area contributed by atoms with E-state index in [4.69, 9.17) is 19.6 Å². The molecular weight excluding hydrogens is 669 g/mol. The third-order valence-electron chi connectivity index (χ3n) is 17.0.